The van der Waals surface area contributed by atoms with Gasteiger partial charge in [-0.1, -0.05) is 13.8 Å². The highest BCUT2D eigenvalue weighted by Crippen LogP contribution is 2.24. The van der Waals surface area contributed by atoms with Crippen molar-refractivity contribution in [3.05, 3.63) is 24.2 Å². The summed E-state index contributed by atoms with van der Waals surface area (Å²) in [5.74, 6) is 0.731. The van der Waals surface area contributed by atoms with Gasteiger partial charge in [0.05, 0.1) is 12.5 Å². The molecule has 1 aromatic heterocycles. The predicted molar refractivity (Wildman–Crippen MR) is 54.9 cm³/mol. The van der Waals surface area contributed by atoms with E-state index in [9.17, 15) is 0 Å². The highest BCUT2D eigenvalue weighted by Gasteiger charge is 2.15. The zero-order valence-corrected chi connectivity index (χ0v) is 8.55. The average Bonchev–Trinajstić information content (AvgIpc) is 2.75. The molecule has 0 radical (unpaired) electrons. The molecule has 1 aromatic rings. The van der Waals surface area contributed by atoms with Crippen molar-refractivity contribution >= 4 is 0 Å². The van der Waals surface area contributed by atoms with Crippen molar-refractivity contribution in [1.82, 2.24) is 5.32 Å². The minimum absolute atomic E-state index is 0.731. The third-order valence-electron chi connectivity index (χ3n) is 2.35. The Labute approximate surface area is 80.3 Å². The number of hydrogen-bond donors (Lipinski definition) is 1. The molecule has 0 spiro atoms. The molecule has 2 heterocycles. The van der Waals surface area contributed by atoms with Crippen LogP contribution in [-0.2, 0) is 0 Å². The normalized spacial score (nSPS) is 17.7. The van der Waals surface area contributed by atoms with E-state index in [1.807, 2.05) is 20.1 Å². The van der Waals surface area contributed by atoms with Gasteiger partial charge in [0, 0.05) is 0 Å². The molecule has 1 saturated heterocycles. The summed E-state index contributed by atoms with van der Waals surface area (Å²) in [6.45, 7) is 6.30. The fourth-order valence-corrected chi connectivity index (χ4v) is 1.66. The maximum absolute atomic E-state index is 5.05. The summed E-state index contributed by atoms with van der Waals surface area (Å²) in [5.41, 5.74) is 1.37. The molecule has 2 heteroatoms. The largest absolute Gasteiger partial charge is 0.472 e. The Kier molecular flexibility index (Phi) is 4.61. The van der Waals surface area contributed by atoms with Crippen LogP contribution in [0, 0.1) is 0 Å². The second-order valence-corrected chi connectivity index (χ2v) is 3.08. The van der Waals surface area contributed by atoms with Crippen molar-refractivity contribution in [2.75, 3.05) is 13.1 Å². The standard InChI is InChI=1S/C9H13NO.C2H6/c1-4-10-5-2-8(1)9-3-6-11-7-9;1-2/h3,6-8,10H,1-2,4-5H2;1-2H3. The molecule has 0 aromatic carbocycles. The van der Waals surface area contributed by atoms with Crippen LogP contribution < -0.4 is 5.32 Å². The smallest absolute Gasteiger partial charge is 0.0937 e. The van der Waals surface area contributed by atoms with Gasteiger partial charge in [-0.05, 0) is 43.5 Å². The SMILES string of the molecule is CC.c1cc(C2CCNCC2)co1. The van der Waals surface area contributed by atoms with Crippen molar-refractivity contribution in [2.24, 2.45) is 0 Å². The van der Waals surface area contributed by atoms with Crippen LogP contribution in [0.15, 0.2) is 23.0 Å². The summed E-state index contributed by atoms with van der Waals surface area (Å²) >= 11 is 0. The quantitative estimate of drug-likeness (QED) is 0.720. The Morgan fingerprint density at radius 3 is 2.54 bits per heavy atom. The highest BCUT2D eigenvalue weighted by atomic mass is 16.3. The van der Waals surface area contributed by atoms with Gasteiger partial charge in [0.15, 0.2) is 0 Å². The Balaban J connectivity index is 0.000000396. The average molecular weight is 181 g/mol. The number of hydrogen-bond acceptors (Lipinski definition) is 2. The molecule has 13 heavy (non-hydrogen) atoms. The molecule has 2 rings (SSSR count). The molecule has 1 aliphatic rings. The molecule has 0 atom stereocenters. The van der Waals surface area contributed by atoms with Crippen LogP contribution in [0.25, 0.3) is 0 Å². The third kappa shape index (κ3) is 2.88. The zero-order chi connectivity index (χ0) is 9.52. The Morgan fingerprint density at radius 1 is 1.31 bits per heavy atom. The van der Waals surface area contributed by atoms with Crippen LogP contribution >= 0.6 is 0 Å². The van der Waals surface area contributed by atoms with Gasteiger partial charge >= 0.3 is 0 Å². The summed E-state index contributed by atoms with van der Waals surface area (Å²) in [6.07, 6.45) is 6.13. The fourth-order valence-electron chi connectivity index (χ4n) is 1.66. The van der Waals surface area contributed by atoms with Crippen LogP contribution in [0.2, 0.25) is 0 Å². The molecule has 1 N–H and O–H groups in total. The molecule has 0 unspecified atom stereocenters. The van der Waals surface area contributed by atoms with Gasteiger partial charge in [-0.15, -0.1) is 0 Å². The van der Waals surface area contributed by atoms with Crippen molar-refractivity contribution in [2.45, 2.75) is 32.6 Å². The van der Waals surface area contributed by atoms with Crippen LogP contribution in [0.3, 0.4) is 0 Å². The van der Waals surface area contributed by atoms with Gasteiger partial charge < -0.3 is 9.73 Å². The monoisotopic (exact) mass is 181 g/mol. The van der Waals surface area contributed by atoms with Crippen LogP contribution in [0.5, 0.6) is 0 Å². The molecule has 0 amide bonds. The van der Waals surface area contributed by atoms with Crippen molar-refractivity contribution in [3.63, 3.8) is 0 Å². The molecule has 0 saturated carbocycles. The molecule has 74 valence electrons. The van der Waals surface area contributed by atoms with Crippen molar-refractivity contribution < 1.29 is 4.42 Å². The second-order valence-electron chi connectivity index (χ2n) is 3.08. The van der Waals surface area contributed by atoms with Gasteiger partial charge in [-0.3, -0.25) is 0 Å². The first-order chi connectivity index (χ1) is 6.47. The Hall–Kier alpha value is -0.760. The number of piperidine rings is 1. The minimum atomic E-state index is 0.731. The topological polar surface area (TPSA) is 25.2 Å². The van der Waals surface area contributed by atoms with Crippen molar-refractivity contribution in [3.8, 4) is 0 Å². The molecule has 2 nitrogen and oxygen atoms in total. The lowest BCUT2D eigenvalue weighted by Gasteiger charge is -2.20. The van der Waals surface area contributed by atoms with E-state index >= 15 is 0 Å². The lowest BCUT2D eigenvalue weighted by molar-refractivity contribution is 0.455. The summed E-state index contributed by atoms with van der Waals surface area (Å²) < 4.78 is 5.05. The Morgan fingerprint density at radius 2 is 2.00 bits per heavy atom. The highest BCUT2D eigenvalue weighted by molar-refractivity contribution is 5.13. The first-order valence-corrected chi connectivity index (χ1v) is 5.19. The van der Waals surface area contributed by atoms with E-state index in [0.717, 1.165) is 19.0 Å². The minimum Gasteiger partial charge on any atom is -0.472 e. The van der Waals surface area contributed by atoms with Crippen LogP contribution in [0.4, 0.5) is 0 Å². The summed E-state index contributed by atoms with van der Waals surface area (Å²) in [4.78, 5) is 0. The molecular formula is C11H19NO. The summed E-state index contributed by atoms with van der Waals surface area (Å²) in [6, 6.07) is 2.08. The van der Waals surface area contributed by atoms with Crippen molar-refractivity contribution in [1.29, 1.82) is 0 Å². The lowest BCUT2D eigenvalue weighted by atomic mass is 9.92. The van der Waals surface area contributed by atoms with E-state index in [2.05, 4.69) is 11.4 Å². The lowest BCUT2D eigenvalue weighted by Crippen LogP contribution is -2.26. The van der Waals surface area contributed by atoms with E-state index in [-0.39, 0.29) is 0 Å². The third-order valence-corrected chi connectivity index (χ3v) is 2.35. The van der Waals surface area contributed by atoms with Gasteiger partial charge in [0.2, 0.25) is 0 Å². The first kappa shape index (κ1) is 10.3. The predicted octanol–water partition coefficient (Wildman–Crippen LogP) is 2.77. The van der Waals surface area contributed by atoms with Gasteiger partial charge in [-0.25, -0.2) is 0 Å². The van der Waals surface area contributed by atoms with E-state index in [4.69, 9.17) is 4.42 Å². The van der Waals surface area contributed by atoms with Crippen LogP contribution in [-0.4, -0.2) is 13.1 Å². The number of furan rings is 1. The van der Waals surface area contributed by atoms with E-state index in [0.29, 0.717) is 0 Å². The van der Waals surface area contributed by atoms with E-state index < -0.39 is 0 Å². The second kappa shape index (κ2) is 5.81. The van der Waals surface area contributed by atoms with Gasteiger partial charge in [-0.2, -0.15) is 0 Å². The molecule has 1 fully saturated rings. The van der Waals surface area contributed by atoms with E-state index in [1.165, 1.54) is 18.4 Å². The van der Waals surface area contributed by atoms with Crippen LogP contribution in [0.1, 0.15) is 38.2 Å². The maximum atomic E-state index is 5.05. The van der Waals surface area contributed by atoms with Gasteiger partial charge in [0.1, 0.15) is 0 Å². The maximum Gasteiger partial charge on any atom is 0.0937 e. The fraction of sp³-hybridized carbons (Fsp3) is 0.636. The number of rotatable bonds is 1. The Bertz CT molecular complexity index is 200. The summed E-state index contributed by atoms with van der Waals surface area (Å²) in [7, 11) is 0. The molecule has 0 bridgehead atoms. The molecule has 0 aliphatic carbocycles. The molecule has 1 aliphatic heterocycles. The first-order valence-electron chi connectivity index (χ1n) is 5.19. The van der Waals surface area contributed by atoms with E-state index in [1.54, 1.807) is 6.26 Å². The molecular weight excluding hydrogens is 162 g/mol. The van der Waals surface area contributed by atoms with Gasteiger partial charge in [0.25, 0.3) is 0 Å². The zero-order valence-electron chi connectivity index (χ0n) is 8.55. The summed E-state index contributed by atoms with van der Waals surface area (Å²) in [5, 5.41) is 3.35. The number of nitrogens with one attached hydrogen (secondary N) is 1.